The number of methoxy groups -OCH3 is 1. The van der Waals surface area contributed by atoms with Crippen LogP contribution < -0.4 is 26.0 Å². The molecule has 2 aromatic heterocycles. The maximum atomic E-state index is 14.4. The smallest absolute Gasteiger partial charge is 0.254 e. The number of carbonyl (C=O) groups excluding carboxylic acids is 1. The number of pyridine rings is 1. The zero-order valence-electron chi connectivity index (χ0n) is 19.5. The molecule has 0 atom stereocenters. The number of halogens is 2. The van der Waals surface area contributed by atoms with Gasteiger partial charge in [-0.15, -0.1) is 0 Å². The molecule has 4 N–H and O–H groups in total. The van der Waals surface area contributed by atoms with Crippen LogP contribution >= 0.6 is 11.6 Å². The van der Waals surface area contributed by atoms with E-state index < -0.39 is 5.82 Å². The number of guanidine groups is 1. The number of ether oxygens (including phenoxy) is 1. The van der Waals surface area contributed by atoms with Gasteiger partial charge in [0.15, 0.2) is 23.6 Å². The van der Waals surface area contributed by atoms with Gasteiger partial charge in [0.2, 0.25) is 5.96 Å². The van der Waals surface area contributed by atoms with Gasteiger partial charge in [0.25, 0.3) is 5.91 Å². The number of anilines is 2. The van der Waals surface area contributed by atoms with Crippen LogP contribution in [0.1, 0.15) is 16.8 Å². The lowest BCUT2D eigenvalue weighted by Crippen LogP contribution is -2.36. The van der Waals surface area contributed by atoms with Crippen molar-refractivity contribution in [1.82, 2.24) is 30.9 Å². The first kappa shape index (κ1) is 26.1. The first-order valence-corrected chi connectivity index (χ1v) is 11.1. The average molecular weight is 512 g/mol. The predicted molar refractivity (Wildman–Crippen MR) is 134 cm³/mol. The fourth-order valence-electron chi connectivity index (χ4n) is 3.04. The first-order valence-electron chi connectivity index (χ1n) is 10.7. The zero-order valence-corrected chi connectivity index (χ0v) is 20.2. The summed E-state index contributed by atoms with van der Waals surface area (Å²) in [6, 6.07) is 5.69. The van der Waals surface area contributed by atoms with Crippen molar-refractivity contribution in [3.63, 3.8) is 0 Å². The lowest BCUT2D eigenvalue weighted by molar-refractivity contribution is 0.0954. The van der Waals surface area contributed by atoms with Gasteiger partial charge in [-0.05, 0) is 30.7 Å². The average Bonchev–Trinajstić information content (AvgIpc) is 2.89. The van der Waals surface area contributed by atoms with E-state index in [1.165, 1.54) is 43.9 Å². The Bertz CT molecular complexity index is 1300. The molecule has 0 spiro atoms. The Kier molecular flexibility index (Phi) is 9.30. The second-order valence-electron chi connectivity index (χ2n) is 7.13. The number of hydrogen-bond acceptors (Lipinski definition) is 8. The molecule has 186 valence electrons. The van der Waals surface area contributed by atoms with Crippen LogP contribution in [-0.4, -0.2) is 54.1 Å². The maximum Gasteiger partial charge on any atom is 0.254 e. The fraction of sp³-hybridized carbons (Fsp3) is 0.217. The van der Waals surface area contributed by atoms with Crippen LogP contribution in [0.4, 0.5) is 15.9 Å². The van der Waals surface area contributed by atoms with Crippen LogP contribution in [0, 0.1) is 17.3 Å². The van der Waals surface area contributed by atoms with Crippen LogP contribution in [0.25, 0.3) is 11.4 Å². The Morgan fingerprint density at radius 1 is 1.25 bits per heavy atom. The molecule has 13 heteroatoms. The number of aliphatic imine (C=N–C) groups is 1. The molecule has 0 aliphatic rings. The van der Waals surface area contributed by atoms with E-state index in [1.54, 1.807) is 19.3 Å². The summed E-state index contributed by atoms with van der Waals surface area (Å²) in [6.07, 6.45) is 6.69. The molecule has 0 aliphatic heterocycles. The summed E-state index contributed by atoms with van der Waals surface area (Å²) in [5.74, 6) is 0.0524. The largest absolute Gasteiger partial charge is 0.491 e. The maximum absolute atomic E-state index is 14.4. The monoisotopic (exact) mass is 511 g/mol. The van der Waals surface area contributed by atoms with Gasteiger partial charge in [0.1, 0.15) is 5.82 Å². The minimum absolute atomic E-state index is 0.0896. The molecule has 2 heterocycles. The lowest BCUT2D eigenvalue weighted by Gasteiger charge is -2.14. The SMILES string of the molecule is CN=C(NC#N)NCCCNC(=O)c1cnccc1Nc1nc(-c2cc(Cl)ccc2F)ncc1OC. The van der Waals surface area contributed by atoms with Crippen molar-refractivity contribution in [2.24, 2.45) is 4.99 Å². The van der Waals surface area contributed by atoms with E-state index in [0.29, 0.717) is 36.2 Å². The molecule has 11 nitrogen and oxygen atoms in total. The number of hydrogen-bond donors (Lipinski definition) is 4. The highest BCUT2D eigenvalue weighted by Gasteiger charge is 2.17. The van der Waals surface area contributed by atoms with E-state index in [1.807, 2.05) is 0 Å². The summed E-state index contributed by atoms with van der Waals surface area (Å²) in [5, 5.41) is 20.2. The highest BCUT2D eigenvalue weighted by molar-refractivity contribution is 6.30. The number of nitrogens with zero attached hydrogens (tertiary/aromatic N) is 5. The van der Waals surface area contributed by atoms with Crippen LogP contribution in [0.2, 0.25) is 5.02 Å². The Hall–Kier alpha value is -4.50. The van der Waals surface area contributed by atoms with Crippen molar-refractivity contribution in [2.45, 2.75) is 6.42 Å². The Morgan fingerprint density at radius 2 is 2.06 bits per heavy atom. The minimum Gasteiger partial charge on any atom is -0.491 e. The van der Waals surface area contributed by atoms with Crippen LogP contribution in [-0.2, 0) is 0 Å². The molecule has 0 saturated heterocycles. The number of rotatable bonds is 9. The van der Waals surface area contributed by atoms with E-state index in [4.69, 9.17) is 21.6 Å². The van der Waals surface area contributed by atoms with Gasteiger partial charge in [-0.3, -0.25) is 20.1 Å². The Balaban J connectivity index is 1.74. The molecule has 3 aromatic rings. The summed E-state index contributed by atoms with van der Waals surface area (Å²) < 4.78 is 19.7. The van der Waals surface area contributed by atoms with Gasteiger partial charge in [0.05, 0.1) is 30.1 Å². The van der Waals surface area contributed by atoms with Crippen molar-refractivity contribution in [3.8, 4) is 23.3 Å². The molecule has 36 heavy (non-hydrogen) atoms. The minimum atomic E-state index is -0.533. The van der Waals surface area contributed by atoms with Crippen molar-refractivity contribution < 1.29 is 13.9 Å². The van der Waals surface area contributed by atoms with Crippen molar-refractivity contribution in [2.75, 3.05) is 32.6 Å². The molecular weight excluding hydrogens is 489 g/mol. The number of nitriles is 1. The van der Waals surface area contributed by atoms with Gasteiger partial charge >= 0.3 is 0 Å². The van der Waals surface area contributed by atoms with Crippen LogP contribution in [0.3, 0.4) is 0 Å². The molecule has 0 aliphatic carbocycles. The Labute approximate surface area is 211 Å². The molecule has 0 unspecified atom stereocenters. The van der Waals surface area contributed by atoms with Gasteiger partial charge in [-0.2, -0.15) is 5.26 Å². The first-order chi connectivity index (χ1) is 17.5. The summed E-state index contributed by atoms with van der Waals surface area (Å²) in [6.45, 7) is 0.847. The van der Waals surface area contributed by atoms with Crippen LogP contribution in [0.5, 0.6) is 5.75 Å². The molecule has 0 fully saturated rings. The number of aromatic nitrogens is 3. The van der Waals surface area contributed by atoms with E-state index in [2.05, 4.69) is 41.2 Å². The van der Waals surface area contributed by atoms with Gasteiger partial charge in [-0.25, -0.2) is 14.4 Å². The molecule has 0 bridgehead atoms. The summed E-state index contributed by atoms with van der Waals surface area (Å²) in [7, 11) is 2.99. The third kappa shape index (κ3) is 6.77. The van der Waals surface area contributed by atoms with Gasteiger partial charge in [-0.1, -0.05) is 11.6 Å². The van der Waals surface area contributed by atoms with Crippen molar-refractivity contribution >= 4 is 35.0 Å². The standard InChI is InChI=1S/C23H23ClFN9O2/c1-27-23(32-13-26)30-8-3-7-29-22(35)16-11-28-9-6-18(16)33-21-19(36-2)12-31-20(34-21)15-10-14(24)4-5-17(15)25/h4-6,9-12H,3,7-8H2,1-2H3,(H,29,35)(H2,27,30,32)(H,28,31,33,34). The second-order valence-corrected chi connectivity index (χ2v) is 7.56. The normalized spacial score (nSPS) is 10.8. The second kappa shape index (κ2) is 12.8. The Morgan fingerprint density at radius 3 is 2.81 bits per heavy atom. The number of carbonyl (C=O) groups is 1. The van der Waals surface area contributed by atoms with Gasteiger partial charge < -0.3 is 20.7 Å². The predicted octanol–water partition coefficient (Wildman–Crippen LogP) is 2.85. The zero-order chi connectivity index (χ0) is 25.9. The van der Waals surface area contributed by atoms with Crippen molar-refractivity contribution in [1.29, 1.82) is 5.26 Å². The summed E-state index contributed by atoms with van der Waals surface area (Å²) in [5.41, 5.74) is 0.799. The molecular formula is C23H23ClFN9O2. The van der Waals surface area contributed by atoms with E-state index in [9.17, 15) is 9.18 Å². The third-order valence-electron chi connectivity index (χ3n) is 4.79. The van der Waals surface area contributed by atoms with E-state index in [0.717, 1.165) is 0 Å². The van der Waals surface area contributed by atoms with Crippen LogP contribution in [0.15, 0.2) is 47.8 Å². The highest BCUT2D eigenvalue weighted by Crippen LogP contribution is 2.30. The highest BCUT2D eigenvalue weighted by atomic mass is 35.5. The molecule has 1 amide bonds. The summed E-state index contributed by atoms with van der Waals surface area (Å²) in [4.78, 5) is 29.3. The molecule has 0 radical (unpaired) electrons. The molecule has 1 aromatic carbocycles. The summed E-state index contributed by atoms with van der Waals surface area (Å²) >= 11 is 6.01. The molecule has 3 rings (SSSR count). The molecule has 0 saturated carbocycles. The van der Waals surface area contributed by atoms with Crippen molar-refractivity contribution in [3.05, 3.63) is 59.3 Å². The van der Waals surface area contributed by atoms with E-state index >= 15 is 0 Å². The number of benzene rings is 1. The fourth-order valence-corrected chi connectivity index (χ4v) is 3.22. The quantitative estimate of drug-likeness (QED) is 0.112. The van der Waals surface area contributed by atoms with Gasteiger partial charge in [0, 0.05) is 37.6 Å². The van der Waals surface area contributed by atoms with E-state index in [-0.39, 0.29) is 34.4 Å². The number of nitrogens with one attached hydrogen (secondary N) is 4. The number of amides is 1. The topological polar surface area (TPSA) is 149 Å². The third-order valence-corrected chi connectivity index (χ3v) is 5.03. The lowest BCUT2D eigenvalue weighted by atomic mass is 10.2.